The van der Waals surface area contributed by atoms with Crippen molar-refractivity contribution in [1.82, 2.24) is 9.78 Å². The van der Waals surface area contributed by atoms with Crippen LogP contribution in [0.1, 0.15) is 18.1 Å². The van der Waals surface area contributed by atoms with E-state index in [1.54, 1.807) is 0 Å². The highest BCUT2D eigenvalue weighted by molar-refractivity contribution is 5.92. The van der Waals surface area contributed by atoms with Gasteiger partial charge >= 0.3 is 6.18 Å². The van der Waals surface area contributed by atoms with Crippen LogP contribution < -0.4 is 0 Å². The zero-order valence-corrected chi connectivity index (χ0v) is 15.8. The number of aromatic nitrogens is 2. The summed E-state index contributed by atoms with van der Waals surface area (Å²) in [5.41, 5.74) is -4.88. The number of nitrogens with zero attached hydrogens (tertiary/aromatic N) is 2. The zero-order valence-electron chi connectivity index (χ0n) is 15.8. The average Bonchev–Trinajstić information content (AvgIpc) is 3.30. The van der Waals surface area contributed by atoms with Crippen LogP contribution in [0, 0.1) is 5.82 Å². The topological polar surface area (TPSA) is 78.5 Å². The van der Waals surface area contributed by atoms with E-state index in [1.807, 2.05) is 0 Å². The van der Waals surface area contributed by atoms with Crippen molar-refractivity contribution in [2.24, 2.45) is 0 Å². The number of rotatable bonds is 4. The number of benzene rings is 2. The molecule has 1 aliphatic carbocycles. The Balaban J connectivity index is 2.01. The Bertz CT molecular complexity index is 1120. The molecule has 0 aliphatic heterocycles. The fraction of sp³-hybridized carbons (Fsp3) is 0.286. The molecule has 0 fully saturated rings. The van der Waals surface area contributed by atoms with E-state index in [1.165, 1.54) is 48.3 Å². The molecule has 5 nitrogen and oxygen atoms in total. The monoisotopic (exact) mass is 422 g/mol. The number of aliphatic hydroxyl groups is 3. The van der Waals surface area contributed by atoms with Gasteiger partial charge in [0.2, 0.25) is 5.60 Å². The Morgan fingerprint density at radius 2 is 1.70 bits per heavy atom. The van der Waals surface area contributed by atoms with E-state index in [-0.39, 0.29) is 27.8 Å². The molecule has 1 aromatic heterocycles. The van der Waals surface area contributed by atoms with Gasteiger partial charge in [-0.2, -0.15) is 18.3 Å². The normalized spacial score (nSPS) is 18.4. The third-order valence-corrected chi connectivity index (χ3v) is 5.62. The lowest BCUT2D eigenvalue weighted by atomic mass is 9.89. The molecule has 9 heteroatoms. The molecule has 0 radical (unpaired) electrons. The summed E-state index contributed by atoms with van der Waals surface area (Å²) in [6.07, 6.45) is -2.35. The van der Waals surface area contributed by atoms with Crippen molar-refractivity contribution in [3.8, 4) is 22.3 Å². The molecule has 0 spiro atoms. The molecule has 1 aliphatic rings. The summed E-state index contributed by atoms with van der Waals surface area (Å²) in [5, 5.41) is 34.0. The van der Waals surface area contributed by atoms with Crippen LogP contribution in [0.25, 0.3) is 22.3 Å². The van der Waals surface area contributed by atoms with Crippen LogP contribution in [-0.2, 0) is 11.1 Å². The van der Waals surface area contributed by atoms with Crippen molar-refractivity contribution in [3.63, 3.8) is 0 Å². The smallest absolute Gasteiger partial charge is 0.394 e. The van der Waals surface area contributed by atoms with Crippen molar-refractivity contribution in [2.45, 2.75) is 24.2 Å². The average molecular weight is 422 g/mol. The Hall–Kier alpha value is -2.75. The highest BCUT2D eigenvalue weighted by Gasteiger charge is 2.61. The maximum absolute atomic E-state index is 14.5. The minimum absolute atomic E-state index is 0.0566. The van der Waals surface area contributed by atoms with Crippen LogP contribution in [0.2, 0.25) is 0 Å². The molecule has 2 aromatic carbocycles. The summed E-state index contributed by atoms with van der Waals surface area (Å²) >= 11 is 0. The van der Waals surface area contributed by atoms with Gasteiger partial charge in [-0.3, -0.25) is 4.68 Å². The lowest BCUT2D eigenvalue weighted by Gasteiger charge is -2.28. The van der Waals surface area contributed by atoms with Crippen LogP contribution in [0.15, 0.2) is 48.8 Å². The maximum Gasteiger partial charge on any atom is 0.425 e. The van der Waals surface area contributed by atoms with E-state index >= 15 is 0 Å². The number of aliphatic hydroxyl groups excluding tert-OH is 2. The lowest BCUT2D eigenvalue weighted by Crippen LogP contribution is -2.41. The van der Waals surface area contributed by atoms with Gasteiger partial charge in [-0.25, -0.2) is 4.39 Å². The molecule has 158 valence electrons. The minimum atomic E-state index is -5.07. The van der Waals surface area contributed by atoms with Gasteiger partial charge in [-0.05, 0) is 35.7 Å². The van der Waals surface area contributed by atoms with Gasteiger partial charge in [0.1, 0.15) is 11.4 Å². The molecule has 1 heterocycles. The number of alkyl halides is 3. The van der Waals surface area contributed by atoms with Crippen molar-refractivity contribution >= 4 is 0 Å². The second-order valence-corrected chi connectivity index (χ2v) is 7.62. The molecular formula is C21H18F4N2O3. The Kier molecular flexibility index (Phi) is 4.53. The van der Waals surface area contributed by atoms with Crippen molar-refractivity contribution in [2.75, 3.05) is 13.2 Å². The summed E-state index contributed by atoms with van der Waals surface area (Å²) in [7, 11) is 0. The molecule has 0 saturated carbocycles. The SMILES string of the molecule is CC(CO)(CO)n1cc(-c2cc(F)cc3c2-c2ccccc2[C@]3(O)C(F)(F)F)cn1. The van der Waals surface area contributed by atoms with Crippen molar-refractivity contribution in [1.29, 1.82) is 0 Å². The van der Waals surface area contributed by atoms with Gasteiger partial charge in [-0.1, -0.05) is 24.3 Å². The lowest BCUT2D eigenvalue weighted by molar-refractivity contribution is -0.246. The number of hydrogen-bond acceptors (Lipinski definition) is 4. The highest BCUT2D eigenvalue weighted by atomic mass is 19.4. The molecule has 3 aromatic rings. The molecule has 3 N–H and O–H groups in total. The first-order chi connectivity index (χ1) is 14.1. The number of fused-ring (bicyclic) bond motifs is 3. The fourth-order valence-electron chi connectivity index (χ4n) is 3.83. The summed E-state index contributed by atoms with van der Waals surface area (Å²) in [4.78, 5) is 0. The molecule has 4 rings (SSSR count). The molecule has 0 unspecified atom stereocenters. The molecule has 0 saturated heterocycles. The first kappa shape index (κ1) is 20.5. The summed E-state index contributed by atoms with van der Waals surface area (Å²) in [6, 6.07) is 7.30. The van der Waals surface area contributed by atoms with Crippen LogP contribution in [0.4, 0.5) is 17.6 Å². The van der Waals surface area contributed by atoms with Gasteiger partial charge in [0.25, 0.3) is 0 Å². The largest absolute Gasteiger partial charge is 0.425 e. The third kappa shape index (κ3) is 2.69. The van der Waals surface area contributed by atoms with Crippen molar-refractivity contribution < 1.29 is 32.9 Å². The fourth-order valence-corrected chi connectivity index (χ4v) is 3.83. The predicted molar refractivity (Wildman–Crippen MR) is 99.9 cm³/mol. The number of halogens is 4. The van der Waals surface area contributed by atoms with E-state index in [0.29, 0.717) is 6.07 Å². The third-order valence-electron chi connectivity index (χ3n) is 5.62. The molecule has 0 bridgehead atoms. The Labute approximate surface area is 168 Å². The van der Waals surface area contributed by atoms with E-state index in [0.717, 1.165) is 6.07 Å². The first-order valence-electron chi connectivity index (χ1n) is 9.07. The van der Waals surface area contributed by atoms with E-state index in [4.69, 9.17) is 0 Å². The summed E-state index contributed by atoms with van der Waals surface area (Å²) in [5.74, 6) is -0.945. The van der Waals surface area contributed by atoms with Gasteiger partial charge < -0.3 is 15.3 Å². The van der Waals surface area contributed by atoms with Crippen LogP contribution in [0.5, 0.6) is 0 Å². The van der Waals surface area contributed by atoms with E-state index in [2.05, 4.69) is 5.10 Å². The van der Waals surface area contributed by atoms with Gasteiger partial charge in [0.15, 0.2) is 0 Å². The second kappa shape index (κ2) is 6.63. The predicted octanol–water partition coefficient (Wildman–Crippen LogP) is 3.17. The summed E-state index contributed by atoms with van der Waals surface area (Å²) in [6.45, 7) is 0.655. The maximum atomic E-state index is 14.5. The zero-order chi connectivity index (χ0) is 21.9. The first-order valence-corrected chi connectivity index (χ1v) is 9.07. The van der Waals surface area contributed by atoms with E-state index < -0.39 is 41.9 Å². The van der Waals surface area contributed by atoms with Gasteiger partial charge in [0.05, 0.1) is 19.4 Å². The van der Waals surface area contributed by atoms with Crippen LogP contribution in [-0.4, -0.2) is 44.5 Å². The minimum Gasteiger partial charge on any atom is -0.394 e. The van der Waals surface area contributed by atoms with Gasteiger partial charge in [0, 0.05) is 22.9 Å². The standard InChI is InChI=1S/C21H18F4N2O3/c1-19(10-28,11-29)27-9-12(8-26-27)15-6-13(22)7-17-18(15)14-4-2-3-5-16(14)20(17,30)21(23,24)25/h2-9,28-30H,10-11H2,1H3/t20-/m1/s1. The van der Waals surface area contributed by atoms with Crippen LogP contribution >= 0.6 is 0 Å². The number of hydrogen-bond donors (Lipinski definition) is 3. The molecule has 1 atom stereocenters. The second-order valence-electron chi connectivity index (χ2n) is 7.62. The molecule has 0 amide bonds. The van der Waals surface area contributed by atoms with Crippen LogP contribution in [0.3, 0.4) is 0 Å². The quantitative estimate of drug-likeness (QED) is 0.565. The Morgan fingerprint density at radius 1 is 1.03 bits per heavy atom. The summed E-state index contributed by atoms with van der Waals surface area (Å²) < 4.78 is 57.7. The Morgan fingerprint density at radius 3 is 2.33 bits per heavy atom. The van der Waals surface area contributed by atoms with Crippen molar-refractivity contribution in [3.05, 3.63) is 65.7 Å². The molecule has 30 heavy (non-hydrogen) atoms. The van der Waals surface area contributed by atoms with Gasteiger partial charge in [-0.15, -0.1) is 0 Å². The van der Waals surface area contributed by atoms with E-state index in [9.17, 15) is 32.9 Å². The highest BCUT2D eigenvalue weighted by Crippen LogP contribution is 2.57. The molecular weight excluding hydrogens is 404 g/mol.